The number of carbonyl (C=O) groups excluding carboxylic acids is 1. The molecule has 0 saturated carbocycles. The van der Waals surface area contributed by atoms with Crippen LogP contribution < -0.4 is 10.2 Å². The lowest BCUT2D eigenvalue weighted by Gasteiger charge is -2.21. The van der Waals surface area contributed by atoms with Crippen LogP contribution in [0.5, 0.6) is 0 Å². The molecular weight excluding hydrogens is 368 g/mol. The lowest BCUT2D eigenvalue weighted by atomic mass is 10.2. The molecule has 0 unspecified atom stereocenters. The number of amides is 1. The molecule has 1 heterocycles. The number of hydrogen-bond acceptors (Lipinski definition) is 3. The van der Waals surface area contributed by atoms with Crippen LogP contribution in [0.4, 0.5) is 11.4 Å². The largest absolute Gasteiger partial charge is 0.451 e. The minimum atomic E-state index is -0.252. The summed E-state index contributed by atoms with van der Waals surface area (Å²) in [6.07, 6.45) is 0. The molecule has 124 valence electrons. The second-order valence-corrected chi connectivity index (χ2v) is 6.38. The molecular formula is C19H19BrN2O2. The normalized spacial score (nSPS) is 10.8. The Bertz CT molecular complexity index is 851. The maximum atomic E-state index is 12.4. The van der Waals surface area contributed by atoms with Gasteiger partial charge in [-0.3, -0.25) is 4.79 Å². The molecule has 3 aromatic rings. The molecule has 0 aliphatic carbocycles. The number of carbonyl (C=O) groups is 1. The number of nitrogens with zero attached hydrogens (tertiary/aromatic N) is 1. The number of nitrogens with one attached hydrogen (secondary N) is 1. The van der Waals surface area contributed by atoms with Gasteiger partial charge in [0.2, 0.25) is 0 Å². The van der Waals surface area contributed by atoms with E-state index in [9.17, 15) is 4.79 Å². The molecule has 0 bridgehead atoms. The summed E-state index contributed by atoms with van der Waals surface area (Å²) in [5.41, 5.74) is 2.59. The Labute approximate surface area is 149 Å². The van der Waals surface area contributed by atoms with Crippen LogP contribution in [-0.4, -0.2) is 19.0 Å². The average molecular weight is 387 g/mol. The molecule has 0 aliphatic rings. The first kappa shape index (κ1) is 16.6. The molecule has 4 nitrogen and oxygen atoms in total. The third kappa shape index (κ3) is 3.46. The van der Waals surface area contributed by atoms with E-state index in [2.05, 4.69) is 40.0 Å². The third-order valence-corrected chi connectivity index (χ3v) is 4.45. The van der Waals surface area contributed by atoms with Gasteiger partial charge in [0.1, 0.15) is 5.58 Å². The highest BCUT2D eigenvalue weighted by Crippen LogP contribution is 2.24. The minimum Gasteiger partial charge on any atom is -0.451 e. The van der Waals surface area contributed by atoms with Crippen LogP contribution in [0.25, 0.3) is 11.0 Å². The lowest BCUT2D eigenvalue weighted by molar-refractivity contribution is 0.0998. The Morgan fingerprint density at radius 3 is 2.46 bits per heavy atom. The number of furan rings is 1. The first-order chi connectivity index (χ1) is 11.6. The van der Waals surface area contributed by atoms with Gasteiger partial charge in [0.25, 0.3) is 5.91 Å². The molecule has 1 amide bonds. The van der Waals surface area contributed by atoms with Crippen LogP contribution in [0.2, 0.25) is 0 Å². The maximum absolute atomic E-state index is 12.4. The fourth-order valence-electron chi connectivity index (χ4n) is 2.66. The molecule has 0 saturated heterocycles. The van der Waals surface area contributed by atoms with Gasteiger partial charge in [0.05, 0.1) is 0 Å². The zero-order valence-electron chi connectivity index (χ0n) is 13.7. The van der Waals surface area contributed by atoms with Crippen LogP contribution in [-0.2, 0) is 0 Å². The van der Waals surface area contributed by atoms with Gasteiger partial charge in [-0.05, 0) is 62.4 Å². The number of rotatable bonds is 5. The molecule has 3 rings (SSSR count). The summed E-state index contributed by atoms with van der Waals surface area (Å²) in [5.74, 6) is 0.0498. The SMILES string of the molecule is CCN(CC)c1ccc(NC(=O)c2cc3cc(Br)ccc3o2)cc1. The van der Waals surface area contributed by atoms with Crippen LogP contribution in [0.1, 0.15) is 24.4 Å². The third-order valence-electron chi connectivity index (χ3n) is 3.96. The number of halogens is 1. The summed E-state index contributed by atoms with van der Waals surface area (Å²) in [6.45, 7) is 6.16. The van der Waals surface area contributed by atoms with Crippen LogP contribution in [0, 0.1) is 0 Å². The molecule has 0 atom stereocenters. The van der Waals surface area contributed by atoms with Crippen molar-refractivity contribution in [1.29, 1.82) is 0 Å². The number of anilines is 2. The summed E-state index contributed by atoms with van der Waals surface area (Å²) >= 11 is 3.42. The maximum Gasteiger partial charge on any atom is 0.291 e. The first-order valence-electron chi connectivity index (χ1n) is 7.96. The minimum absolute atomic E-state index is 0.252. The van der Waals surface area contributed by atoms with Gasteiger partial charge in [-0.1, -0.05) is 15.9 Å². The molecule has 1 N–H and O–H groups in total. The molecule has 24 heavy (non-hydrogen) atoms. The van der Waals surface area contributed by atoms with Crippen molar-refractivity contribution in [3.05, 3.63) is 58.8 Å². The van der Waals surface area contributed by atoms with Gasteiger partial charge in [-0.15, -0.1) is 0 Å². The van der Waals surface area contributed by atoms with Gasteiger partial charge in [0.15, 0.2) is 5.76 Å². The van der Waals surface area contributed by atoms with E-state index in [-0.39, 0.29) is 5.91 Å². The Morgan fingerprint density at radius 2 is 1.79 bits per heavy atom. The molecule has 5 heteroatoms. The second kappa shape index (κ2) is 7.09. The van der Waals surface area contributed by atoms with Crippen molar-refractivity contribution in [1.82, 2.24) is 0 Å². The number of fused-ring (bicyclic) bond motifs is 1. The number of benzene rings is 2. The summed E-state index contributed by atoms with van der Waals surface area (Å²) in [6, 6.07) is 15.2. The lowest BCUT2D eigenvalue weighted by Crippen LogP contribution is -2.21. The fraction of sp³-hybridized carbons (Fsp3) is 0.211. The quantitative estimate of drug-likeness (QED) is 0.647. The Balaban J connectivity index is 1.76. The standard InChI is InChI=1S/C19H19BrN2O2/c1-3-22(4-2)16-8-6-15(7-9-16)21-19(23)18-12-13-11-14(20)5-10-17(13)24-18/h5-12H,3-4H2,1-2H3,(H,21,23). The summed E-state index contributed by atoms with van der Waals surface area (Å²) in [4.78, 5) is 14.6. The van der Waals surface area contributed by atoms with Crippen LogP contribution >= 0.6 is 15.9 Å². The van der Waals surface area contributed by atoms with E-state index in [0.717, 1.165) is 34.3 Å². The van der Waals surface area contributed by atoms with E-state index >= 15 is 0 Å². The predicted octanol–water partition coefficient (Wildman–Crippen LogP) is 5.29. The van der Waals surface area contributed by atoms with E-state index < -0.39 is 0 Å². The summed E-state index contributed by atoms with van der Waals surface area (Å²) < 4.78 is 6.57. The van der Waals surface area contributed by atoms with Crippen molar-refractivity contribution >= 4 is 44.2 Å². The predicted molar refractivity (Wildman–Crippen MR) is 102 cm³/mol. The van der Waals surface area contributed by atoms with Gasteiger partial charge in [0, 0.05) is 34.3 Å². The van der Waals surface area contributed by atoms with Crippen molar-refractivity contribution in [3.8, 4) is 0 Å². The fourth-order valence-corrected chi connectivity index (χ4v) is 3.04. The topological polar surface area (TPSA) is 45.5 Å². The monoisotopic (exact) mass is 386 g/mol. The zero-order valence-corrected chi connectivity index (χ0v) is 15.3. The van der Waals surface area contributed by atoms with Crippen LogP contribution in [0.15, 0.2) is 57.4 Å². The average Bonchev–Trinajstić information content (AvgIpc) is 3.00. The van der Waals surface area contributed by atoms with E-state index in [1.54, 1.807) is 6.07 Å². The Morgan fingerprint density at radius 1 is 1.08 bits per heavy atom. The smallest absolute Gasteiger partial charge is 0.291 e. The highest BCUT2D eigenvalue weighted by Gasteiger charge is 2.13. The molecule has 0 aliphatic heterocycles. The number of hydrogen-bond donors (Lipinski definition) is 1. The Hall–Kier alpha value is -2.27. The molecule has 0 spiro atoms. The highest BCUT2D eigenvalue weighted by atomic mass is 79.9. The highest BCUT2D eigenvalue weighted by molar-refractivity contribution is 9.10. The first-order valence-corrected chi connectivity index (χ1v) is 8.75. The zero-order chi connectivity index (χ0) is 17.1. The van der Waals surface area contributed by atoms with Crippen molar-refractivity contribution in [2.45, 2.75) is 13.8 Å². The summed E-state index contributed by atoms with van der Waals surface area (Å²) in [5, 5.41) is 3.77. The van der Waals surface area contributed by atoms with Gasteiger partial charge in [-0.25, -0.2) is 0 Å². The van der Waals surface area contributed by atoms with Crippen molar-refractivity contribution in [3.63, 3.8) is 0 Å². The van der Waals surface area contributed by atoms with Crippen molar-refractivity contribution in [2.75, 3.05) is 23.3 Å². The second-order valence-electron chi connectivity index (χ2n) is 5.47. The van der Waals surface area contributed by atoms with Gasteiger partial charge in [-0.2, -0.15) is 0 Å². The van der Waals surface area contributed by atoms with Crippen LogP contribution in [0.3, 0.4) is 0 Å². The van der Waals surface area contributed by atoms with Gasteiger partial charge < -0.3 is 14.6 Å². The van der Waals surface area contributed by atoms with Gasteiger partial charge >= 0.3 is 0 Å². The summed E-state index contributed by atoms with van der Waals surface area (Å²) in [7, 11) is 0. The molecule has 0 radical (unpaired) electrons. The Kier molecular flexibility index (Phi) is 4.90. The van der Waals surface area contributed by atoms with E-state index in [1.807, 2.05) is 42.5 Å². The van der Waals surface area contributed by atoms with E-state index in [4.69, 9.17) is 4.42 Å². The van der Waals surface area contributed by atoms with Crippen molar-refractivity contribution in [2.24, 2.45) is 0 Å². The molecule has 1 aromatic heterocycles. The molecule has 0 fully saturated rings. The van der Waals surface area contributed by atoms with Crippen molar-refractivity contribution < 1.29 is 9.21 Å². The van der Waals surface area contributed by atoms with E-state index in [0.29, 0.717) is 11.3 Å². The molecule has 2 aromatic carbocycles. The van der Waals surface area contributed by atoms with E-state index in [1.165, 1.54) is 0 Å².